The van der Waals surface area contributed by atoms with Gasteiger partial charge in [-0.1, -0.05) is 11.6 Å². The lowest BCUT2D eigenvalue weighted by Crippen LogP contribution is -1.96. The molecule has 0 aliphatic carbocycles. The highest BCUT2D eigenvalue weighted by Gasteiger charge is 2.16. The third-order valence-corrected chi connectivity index (χ3v) is 4.37. The van der Waals surface area contributed by atoms with Crippen molar-refractivity contribution in [1.82, 2.24) is 9.97 Å². The molecule has 0 aliphatic rings. The van der Waals surface area contributed by atoms with Crippen LogP contribution >= 0.6 is 23.4 Å². The van der Waals surface area contributed by atoms with Crippen molar-refractivity contribution >= 4 is 23.4 Å². The van der Waals surface area contributed by atoms with Crippen molar-refractivity contribution in [2.75, 3.05) is 13.7 Å². The molecule has 2 heterocycles. The van der Waals surface area contributed by atoms with Crippen molar-refractivity contribution in [1.29, 1.82) is 0 Å². The summed E-state index contributed by atoms with van der Waals surface area (Å²) in [5.41, 5.74) is 1.49. The van der Waals surface area contributed by atoms with E-state index in [-0.39, 0.29) is 5.82 Å². The van der Waals surface area contributed by atoms with Crippen LogP contribution in [0.25, 0.3) is 11.5 Å². The number of ether oxygens (including phenoxy) is 1. The van der Waals surface area contributed by atoms with Crippen LogP contribution in [0.4, 0.5) is 4.39 Å². The Balaban J connectivity index is 1.90. The Hall–Kier alpha value is -1.89. The summed E-state index contributed by atoms with van der Waals surface area (Å²) >= 11 is 7.22. The maximum Gasteiger partial charge on any atom is 0.227 e. The quantitative estimate of drug-likeness (QED) is 0.624. The van der Waals surface area contributed by atoms with E-state index >= 15 is 0 Å². The number of nitrogens with zero attached hydrogens (tertiary/aromatic N) is 2. The van der Waals surface area contributed by atoms with Gasteiger partial charge >= 0.3 is 0 Å². The Bertz CT molecular complexity index is 806. The lowest BCUT2D eigenvalue weighted by Gasteiger charge is -2.00. The van der Waals surface area contributed by atoms with Gasteiger partial charge in [-0.25, -0.2) is 14.4 Å². The maximum absolute atomic E-state index is 13.1. The van der Waals surface area contributed by atoms with Crippen molar-refractivity contribution in [3.8, 4) is 11.5 Å². The Morgan fingerprint density at radius 3 is 2.67 bits per heavy atom. The molecular formula is C17H14ClFN2O2S. The van der Waals surface area contributed by atoms with Gasteiger partial charge in [-0.2, -0.15) is 0 Å². The van der Waals surface area contributed by atoms with Crippen LogP contribution in [0, 0.1) is 5.82 Å². The molecule has 2 aromatic heterocycles. The SMILES string of the molecule is COCCc1nc(-c2ccc(F)cc2)oc1Sc1ccc(Cl)cn1. The summed E-state index contributed by atoms with van der Waals surface area (Å²) < 4.78 is 24.1. The largest absolute Gasteiger partial charge is 0.429 e. The molecule has 0 radical (unpaired) electrons. The van der Waals surface area contributed by atoms with Crippen LogP contribution in [0.5, 0.6) is 0 Å². The van der Waals surface area contributed by atoms with Crippen LogP contribution in [0.2, 0.25) is 5.02 Å². The predicted octanol–water partition coefficient (Wildman–Crippen LogP) is 4.87. The fraction of sp³-hybridized carbons (Fsp3) is 0.176. The standard InChI is InChI=1S/C17H14ClFN2O2S/c1-22-9-8-14-17(24-15-7-4-12(18)10-20-15)23-16(21-14)11-2-5-13(19)6-3-11/h2-7,10H,8-9H2,1H3. The van der Waals surface area contributed by atoms with Gasteiger partial charge in [0.25, 0.3) is 0 Å². The van der Waals surface area contributed by atoms with Gasteiger partial charge in [0, 0.05) is 25.3 Å². The predicted molar refractivity (Wildman–Crippen MR) is 90.8 cm³/mol. The van der Waals surface area contributed by atoms with E-state index in [9.17, 15) is 4.39 Å². The Morgan fingerprint density at radius 2 is 2.00 bits per heavy atom. The molecule has 0 amide bonds. The summed E-state index contributed by atoms with van der Waals surface area (Å²) in [4.78, 5) is 8.77. The van der Waals surface area contributed by atoms with Crippen LogP contribution in [0.15, 0.2) is 57.1 Å². The van der Waals surface area contributed by atoms with Crippen molar-refractivity contribution < 1.29 is 13.5 Å². The lowest BCUT2D eigenvalue weighted by atomic mass is 10.2. The smallest absolute Gasteiger partial charge is 0.227 e. The second kappa shape index (κ2) is 7.79. The van der Waals surface area contributed by atoms with Crippen LogP contribution in [0.1, 0.15) is 5.69 Å². The van der Waals surface area contributed by atoms with Gasteiger partial charge in [0.1, 0.15) is 10.8 Å². The van der Waals surface area contributed by atoms with Gasteiger partial charge in [-0.05, 0) is 48.2 Å². The van der Waals surface area contributed by atoms with E-state index in [1.54, 1.807) is 31.5 Å². The summed E-state index contributed by atoms with van der Waals surface area (Å²) in [5.74, 6) is 0.141. The summed E-state index contributed by atoms with van der Waals surface area (Å²) in [6.07, 6.45) is 2.19. The summed E-state index contributed by atoms with van der Waals surface area (Å²) in [6.45, 7) is 0.525. The first-order valence-electron chi connectivity index (χ1n) is 7.19. The fourth-order valence-corrected chi connectivity index (χ4v) is 2.94. The minimum atomic E-state index is -0.301. The monoisotopic (exact) mass is 364 g/mol. The Labute approximate surface area is 148 Å². The number of pyridine rings is 1. The van der Waals surface area contributed by atoms with Crippen molar-refractivity contribution in [3.63, 3.8) is 0 Å². The molecule has 24 heavy (non-hydrogen) atoms. The van der Waals surface area contributed by atoms with E-state index in [0.717, 1.165) is 10.7 Å². The minimum absolute atomic E-state index is 0.301. The molecule has 0 fully saturated rings. The first kappa shape index (κ1) is 17.0. The zero-order chi connectivity index (χ0) is 16.9. The number of oxazole rings is 1. The van der Waals surface area contributed by atoms with Gasteiger partial charge in [0.05, 0.1) is 17.3 Å². The van der Waals surface area contributed by atoms with Gasteiger partial charge in [-0.15, -0.1) is 0 Å². The third-order valence-electron chi connectivity index (χ3n) is 3.19. The van der Waals surface area contributed by atoms with Crippen LogP contribution < -0.4 is 0 Å². The molecule has 7 heteroatoms. The Morgan fingerprint density at radius 1 is 1.21 bits per heavy atom. The summed E-state index contributed by atoms with van der Waals surface area (Å²) in [7, 11) is 1.63. The molecule has 4 nitrogen and oxygen atoms in total. The van der Waals surface area contributed by atoms with Crippen LogP contribution in [0.3, 0.4) is 0 Å². The second-order valence-electron chi connectivity index (χ2n) is 4.92. The van der Waals surface area contributed by atoms with E-state index in [1.807, 2.05) is 6.07 Å². The van der Waals surface area contributed by atoms with E-state index in [0.29, 0.717) is 34.6 Å². The summed E-state index contributed by atoms with van der Waals surface area (Å²) in [5, 5.41) is 1.96. The number of aromatic nitrogens is 2. The van der Waals surface area contributed by atoms with Crippen LogP contribution in [-0.2, 0) is 11.2 Å². The molecule has 1 aromatic carbocycles. The average molecular weight is 365 g/mol. The van der Waals surface area contributed by atoms with Gasteiger partial charge in [0.15, 0.2) is 5.09 Å². The number of methoxy groups -OCH3 is 1. The normalized spacial score (nSPS) is 11.0. The zero-order valence-electron chi connectivity index (χ0n) is 12.8. The maximum atomic E-state index is 13.1. The molecule has 0 N–H and O–H groups in total. The minimum Gasteiger partial charge on any atom is -0.429 e. The van der Waals surface area contributed by atoms with Crippen molar-refractivity contribution in [2.24, 2.45) is 0 Å². The number of halogens is 2. The highest BCUT2D eigenvalue weighted by Crippen LogP contribution is 2.33. The molecule has 0 spiro atoms. The molecule has 3 aromatic rings. The number of hydrogen-bond donors (Lipinski definition) is 0. The molecule has 0 saturated heterocycles. The van der Waals surface area contributed by atoms with Gasteiger partial charge in [-0.3, -0.25) is 0 Å². The number of benzene rings is 1. The molecular weight excluding hydrogens is 351 g/mol. The second-order valence-corrected chi connectivity index (χ2v) is 6.35. The molecule has 0 aliphatic heterocycles. The molecule has 0 atom stereocenters. The third kappa shape index (κ3) is 4.14. The van der Waals surface area contributed by atoms with Gasteiger partial charge < -0.3 is 9.15 Å². The zero-order valence-corrected chi connectivity index (χ0v) is 14.4. The molecule has 0 unspecified atom stereocenters. The molecule has 124 valence electrons. The van der Waals surface area contributed by atoms with Crippen molar-refractivity contribution in [3.05, 3.63) is 59.1 Å². The van der Waals surface area contributed by atoms with E-state index in [1.165, 1.54) is 23.9 Å². The van der Waals surface area contributed by atoms with E-state index in [2.05, 4.69) is 9.97 Å². The topological polar surface area (TPSA) is 48.2 Å². The van der Waals surface area contributed by atoms with Crippen molar-refractivity contribution in [2.45, 2.75) is 16.5 Å². The number of hydrogen-bond acceptors (Lipinski definition) is 5. The number of rotatable bonds is 6. The highest BCUT2D eigenvalue weighted by atomic mass is 35.5. The fourth-order valence-electron chi connectivity index (χ4n) is 2.01. The highest BCUT2D eigenvalue weighted by molar-refractivity contribution is 7.99. The first-order chi connectivity index (χ1) is 11.7. The molecule has 3 rings (SSSR count). The molecule has 0 saturated carbocycles. The molecule has 0 bridgehead atoms. The Kier molecular flexibility index (Phi) is 5.50. The average Bonchev–Trinajstić information content (AvgIpc) is 2.98. The van der Waals surface area contributed by atoms with E-state index in [4.69, 9.17) is 20.8 Å². The summed E-state index contributed by atoms with van der Waals surface area (Å²) in [6, 6.07) is 9.60. The lowest BCUT2D eigenvalue weighted by molar-refractivity contribution is 0.200. The first-order valence-corrected chi connectivity index (χ1v) is 8.39. The van der Waals surface area contributed by atoms with E-state index < -0.39 is 0 Å². The van der Waals surface area contributed by atoms with Gasteiger partial charge in [0.2, 0.25) is 5.89 Å². The van der Waals surface area contributed by atoms with Crippen LogP contribution in [-0.4, -0.2) is 23.7 Å².